The van der Waals surface area contributed by atoms with Crippen LogP contribution in [0, 0.1) is 6.92 Å². The Morgan fingerprint density at radius 3 is 2.71 bits per heavy atom. The van der Waals surface area contributed by atoms with E-state index in [-0.39, 0.29) is 5.97 Å². The van der Waals surface area contributed by atoms with E-state index >= 15 is 0 Å². The molecule has 7 heavy (non-hydrogen) atoms. The van der Waals surface area contributed by atoms with E-state index in [2.05, 4.69) is 11.7 Å². The van der Waals surface area contributed by atoms with E-state index in [1.807, 2.05) is 0 Å². The topological polar surface area (TPSA) is 26.3 Å². The molecule has 0 aromatic rings. The number of carbonyl (C=O) groups excluding carboxylic acids is 1. The summed E-state index contributed by atoms with van der Waals surface area (Å²) >= 11 is 0. The molecule has 1 heterocycles. The molecule has 0 spiro atoms. The lowest BCUT2D eigenvalue weighted by molar-refractivity contribution is -0.135. The van der Waals surface area contributed by atoms with Crippen LogP contribution in [0.3, 0.4) is 0 Å². The van der Waals surface area contributed by atoms with Gasteiger partial charge in [-0.25, -0.2) is 4.79 Å². The van der Waals surface area contributed by atoms with E-state index in [0.717, 1.165) is 0 Å². The molecule has 1 aliphatic heterocycles. The van der Waals surface area contributed by atoms with Crippen LogP contribution in [0.4, 0.5) is 0 Å². The summed E-state index contributed by atoms with van der Waals surface area (Å²) < 4.78 is 4.47. The van der Waals surface area contributed by atoms with Crippen molar-refractivity contribution in [1.29, 1.82) is 0 Å². The fourth-order valence-corrected chi connectivity index (χ4v) is 0.394. The van der Waals surface area contributed by atoms with Gasteiger partial charge in [0, 0.05) is 5.57 Å². The molecule has 37 valence electrons. The number of rotatable bonds is 0. The van der Waals surface area contributed by atoms with Gasteiger partial charge in [-0.2, -0.15) is 0 Å². The van der Waals surface area contributed by atoms with E-state index in [1.54, 1.807) is 6.08 Å². The Morgan fingerprint density at radius 2 is 2.57 bits per heavy atom. The van der Waals surface area contributed by atoms with Crippen molar-refractivity contribution in [3.63, 3.8) is 0 Å². The van der Waals surface area contributed by atoms with Gasteiger partial charge in [0.15, 0.2) is 0 Å². The predicted molar refractivity (Wildman–Crippen MR) is 24.4 cm³/mol. The van der Waals surface area contributed by atoms with Gasteiger partial charge in [-0.05, 0) is 13.0 Å². The van der Waals surface area contributed by atoms with E-state index in [1.165, 1.54) is 0 Å². The second-order valence-corrected chi connectivity index (χ2v) is 1.33. The molecule has 0 saturated carbocycles. The Balaban J connectivity index is 2.72. The zero-order chi connectivity index (χ0) is 5.28. The lowest BCUT2D eigenvalue weighted by atomic mass is 10.3. The first-order chi connectivity index (χ1) is 3.30. The normalized spacial score (nSPS) is 19.0. The average Bonchev–Trinajstić information content (AvgIpc) is 1.91. The Kier molecular flexibility index (Phi) is 0.855. The van der Waals surface area contributed by atoms with Crippen LogP contribution in [0.25, 0.3) is 0 Å². The summed E-state index contributed by atoms with van der Waals surface area (Å²) in [5, 5.41) is 0. The monoisotopic (exact) mass is 97.0 g/mol. The summed E-state index contributed by atoms with van der Waals surface area (Å²) in [5.41, 5.74) is 0.472. The second-order valence-electron chi connectivity index (χ2n) is 1.33. The summed E-state index contributed by atoms with van der Waals surface area (Å²) in [4.78, 5) is 10.2. The molecular weight excluding hydrogens is 92.1 g/mol. The van der Waals surface area contributed by atoms with Gasteiger partial charge in [-0.15, -0.1) is 0 Å². The van der Waals surface area contributed by atoms with E-state index in [4.69, 9.17) is 0 Å². The molecule has 0 unspecified atom stereocenters. The lowest BCUT2D eigenvalue weighted by Crippen LogP contribution is -1.95. The molecule has 0 aliphatic carbocycles. The predicted octanol–water partition coefficient (Wildman–Crippen LogP) is 0.304. The quantitative estimate of drug-likeness (QED) is 0.406. The molecule has 0 atom stereocenters. The fraction of sp³-hybridized carbons (Fsp3) is 0.200. The SMILES string of the molecule is [CH2]C1=CCOC1=O. The van der Waals surface area contributed by atoms with E-state index in [9.17, 15) is 4.79 Å². The summed E-state index contributed by atoms with van der Waals surface area (Å²) in [7, 11) is 0. The highest BCUT2D eigenvalue weighted by molar-refractivity contribution is 5.91. The number of cyclic esters (lactones) is 1. The molecule has 0 bridgehead atoms. The number of hydrogen-bond donors (Lipinski definition) is 0. The standard InChI is InChI=1S/C5H5O2/c1-4-2-3-7-5(4)6/h2H,1,3H2. The highest BCUT2D eigenvalue weighted by Gasteiger charge is 2.09. The maximum Gasteiger partial charge on any atom is 0.334 e. The van der Waals surface area contributed by atoms with Gasteiger partial charge in [-0.3, -0.25) is 0 Å². The van der Waals surface area contributed by atoms with Crippen molar-refractivity contribution in [3.05, 3.63) is 18.6 Å². The first-order valence-corrected chi connectivity index (χ1v) is 2.00. The molecular formula is C5H5O2. The van der Waals surface area contributed by atoms with Crippen molar-refractivity contribution < 1.29 is 9.53 Å². The minimum absolute atomic E-state index is 0.292. The Labute approximate surface area is 41.8 Å². The number of ether oxygens (including phenoxy) is 1. The molecule has 0 aromatic carbocycles. The van der Waals surface area contributed by atoms with Gasteiger partial charge in [0.05, 0.1) is 0 Å². The Hall–Kier alpha value is -0.790. The van der Waals surface area contributed by atoms with Crippen LogP contribution in [0.15, 0.2) is 11.6 Å². The Bertz CT molecular complexity index is 124. The van der Waals surface area contributed by atoms with Crippen molar-refractivity contribution in [2.45, 2.75) is 0 Å². The summed E-state index contributed by atoms with van der Waals surface area (Å²) in [6, 6.07) is 0. The third-order valence-electron chi connectivity index (χ3n) is 0.806. The third-order valence-corrected chi connectivity index (χ3v) is 0.806. The first-order valence-electron chi connectivity index (χ1n) is 2.00. The first kappa shape index (κ1) is 4.37. The van der Waals surface area contributed by atoms with Gasteiger partial charge in [-0.1, -0.05) is 0 Å². The van der Waals surface area contributed by atoms with Crippen LogP contribution in [0.1, 0.15) is 0 Å². The molecule has 0 N–H and O–H groups in total. The Morgan fingerprint density at radius 1 is 1.86 bits per heavy atom. The van der Waals surface area contributed by atoms with Crippen molar-refractivity contribution in [2.75, 3.05) is 6.61 Å². The minimum atomic E-state index is -0.292. The summed E-state index contributed by atoms with van der Waals surface area (Å²) in [5.74, 6) is -0.292. The van der Waals surface area contributed by atoms with Gasteiger partial charge in [0.25, 0.3) is 0 Å². The molecule has 1 aliphatic rings. The van der Waals surface area contributed by atoms with Crippen molar-refractivity contribution in [3.8, 4) is 0 Å². The third kappa shape index (κ3) is 0.633. The minimum Gasteiger partial charge on any atom is -0.458 e. The maximum atomic E-state index is 10.2. The van der Waals surface area contributed by atoms with Crippen molar-refractivity contribution in [1.82, 2.24) is 0 Å². The zero-order valence-corrected chi connectivity index (χ0v) is 3.81. The number of carbonyl (C=O) groups is 1. The molecule has 0 fully saturated rings. The van der Waals surface area contributed by atoms with Crippen LogP contribution >= 0.6 is 0 Å². The molecule has 0 saturated heterocycles. The van der Waals surface area contributed by atoms with Gasteiger partial charge >= 0.3 is 5.97 Å². The van der Waals surface area contributed by atoms with Gasteiger partial charge < -0.3 is 4.74 Å². The average molecular weight is 97.1 g/mol. The molecule has 0 aromatic heterocycles. The number of esters is 1. The number of hydrogen-bond acceptors (Lipinski definition) is 2. The zero-order valence-electron chi connectivity index (χ0n) is 3.81. The largest absolute Gasteiger partial charge is 0.458 e. The van der Waals surface area contributed by atoms with Gasteiger partial charge in [0.1, 0.15) is 6.61 Å². The molecule has 2 nitrogen and oxygen atoms in total. The van der Waals surface area contributed by atoms with Crippen molar-refractivity contribution in [2.24, 2.45) is 0 Å². The highest BCUT2D eigenvalue weighted by atomic mass is 16.5. The maximum absolute atomic E-state index is 10.2. The van der Waals surface area contributed by atoms with Crippen LogP contribution in [0.5, 0.6) is 0 Å². The fourth-order valence-electron chi connectivity index (χ4n) is 0.394. The molecule has 1 rings (SSSR count). The smallest absolute Gasteiger partial charge is 0.334 e. The van der Waals surface area contributed by atoms with Crippen LogP contribution in [-0.2, 0) is 9.53 Å². The van der Waals surface area contributed by atoms with Gasteiger partial charge in [0.2, 0.25) is 0 Å². The molecule has 0 amide bonds. The van der Waals surface area contributed by atoms with Crippen LogP contribution in [-0.4, -0.2) is 12.6 Å². The lowest BCUT2D eigenvalue weighted by Gasteiger charge is -1.85. The second kappa shape index (κ2) is 1.37. The summed E-state index contributed by atoms with van der Waals surface area (Å²) in [6.07, 6.45) is 1.66. The van der Waals surface area contributed by atoms with E-state index in [0.29, 0.717) is 12.2 Å². The highest BCUT2D eigenvalue weighted by Crippen LogP contribution is 2.02. The van der Waals surface area contributed by atoms with E-state index < -0.39 is 0 Å². The van der Waals surface area contributed by atoms with Crippen molar-refractivity contribution >= 4 is 5.97 Å². The van der Waals surface area contributed by atoms with Crippen LogP contribution < -0.4 is 0 Å². The molecule has 1 radical (unpaired) electrons. The molecule has 2 heteroatoms. The summed E-state index contributed by atoms with van der Waals surface area (Å²) in [6.45, 7) is 3.81. The van der Waals surface area contributed by atoms with Crippen LogP contribution in [0.2, 0.25) is 0 Å².